The first-order chi connectivity index (χ1) is 14.1. The Bertz CT molecular complexity index is 882. The SMILES string of the molecule is COc1ccc(C2CCCN2C(=O)C2CC(=O)N(c3ccc(SC)cc3)C2)cc1. The van der Waals surface area contributed by atoms with Crippen LogP contribution in [0.3, 0.4) is 0 Å². The van der Waals surface area contributed by atoms with E-state index in [1.54, 1.807) is 23.8 Å². The molecule has 0 aliphatic carbocycles. The van der Waals surface area contributed by atoms with E-state index < -0.39 is 0 Å². The Morgan fingerprint density at radius 3 is 2.48 bits per heavy atom. The van der Waals surface area contributed by atoms with E-state index in [2.05, 4.69) is 0 Å². The van der Waals surface area contributed by atoms with Gasteiger partial charge >= 0.3 is 0 Å². The lowest BCUT2D eigenvalue weighted by Crippen LogP contribution is -2.37. The molecule has 2 aliphatic rings. The molecular weight excluding hydrogens is 384 g/mol. The number of anilines is 1. The summed E-state index contributed by atoms with van der Waals surface area (Å²) in [5.74, 6) is 0.663. The number of carbonyl (C=O) groups excluding carboxylic acids is 2. The first-order valence-electron chi connectivity index (χ1n) is 9.99. The van der Waals surface area contributed by atoms with Crippen LogP contribution < -0.4 is 9.64 Å². The van der Waals surface area contributed by atoms with Crippen LogP contribution in [0.5, 0.6) is 5.75 Å². The van der Waals surface area contributed by atoms with Crippen molar-refractivity contribution in [1.82, 2.24) is 4.90 Å². The molecule has 0 N–H and O–H groups in total. The summed E-state index contributed by atoms with van der Waals surface area (Å²) in [4.78, 5) is 30.8. The second-order valence-electron chi connectivity index (χ2n) is 7.57. The van der Waals surface area contributed by atoms with Gasteiger partial charge in [0.1, 0.15) is 5.75 Å². The first-order valence-corrected chi connectivity index (χ1v) is 11.2. The Balaban J connectivity index is 1.47. The lowest BCUT2D eigenvalue weighted by molar-refractivity contribution is -0.136. The second kappa shape index (κ2) is 8.49. The fourth-order valence-corrected chi connectivity index (χ4v) is 4.73. The Morgan fingerprint density at radius 2 is 1.83 bits per heavy atom. The summed E-state index contributed by atoms with van der Waals surface area (Å²) in [6.07, 6.45) is 4.26. The highest BCUT2D eigenvalue weighted by molar-refractivity contribution is 7.98. The molecular formula is C23H26N2O3S. The second-order valence-corrected chi connectivity index (χ2v) is 8.45. The minimum Gasteiger partial charge on any atom is -0.497 e. The number of methoxy groups -OCH3 is 1. The Morgan fingerprint density at radius 1 is 1.10 bits per heavy atom. The number of thioether (sulfide) groups is 1. The van der Waals surface area contributed by atoms with Gasteiger partial charge in [-0.25, -0.2) is 0 Å². The van der Waals surface area contributed by atoms with Gasteiger partial charge in [-0.1, -0.05) is 12.1 Å². The Hall–Kier alpha value is -2.47. The predicted molar refractivity (Wildman–Crippen MR) is 115 cm³/mol. The molecule has 0 saturated carbocycles. The standard InChI is InChI=1S/C23H26N2O3S/c1-28-19-9-5-16(6-10-19)21-4-3-13-24(21)23(27)17-14-22(26)25(15-17)18-7-11-20(29-2)12-8-18/h5-12,17,21H,3-4,13-15H2,1-2H3. The molecule has 0 radical (unpaired) electrons. The summed E-state index contributed by atoms with van der Waals surface area (Å²) in [5.41, 5.74) is 2.00. The molecule has 2 aromatic rings. The van der Waals surface area contributed by atoms with Gasteiger partial charge in [0.2, 0.25) is 11.8 Å². The summed E-state index contributed by atoms with van der Waals surface area (Å²) in [6, 6.07) is 16.0. The average Bonchev–Trinajstić information content (AvgIpc) is 3.40. The summed E-state index contributed by atoms with van der Waals surface area (Å²) < 4.78 is 5.24. The highest BCUT2D eigenvalue weighted by Gasteiger charge is 2.40. The van der Waals surface area contributed by atoms with Gasteiger partial charge in [-0.15, -0.1) is 11.8 Å². The van der Waals surface area contributed by atoms with E-state index in [1.807, 2.05) is 59.7 Å². The summed E-state index contributed by atoms with van der Waals surface area (Å²) in [5, 5.41) is 0. The van der Waals surface area contributed by atoms with Crippen LogP contribution in [0, 0.1) is 5.92 Å². The fourth-order valence-electron chi connectivity index (χ4n) is 4.32. The zero-order valence-corrected chi connectivity index (χ0v) is 17.7. The van der Waals surface area contributed by atoms with Gasteiger partial charge in [0.05, 0.1) is 19.1 Å². The lowest BCUT2D eigenvalue weighted by atomic mass is 10.0. The Kier molecular flexibility index (Phi) is 5.81. The normalized spacial score (nSPS) is 21.7. The molecule has 2 fully saturated rings. The van der Waals surface area contributed by atoms with E-state index in [0.717, 1.165) is 41.3 Å². The zero-order chi connectivity index (χ0) is 20.4. The molecule has 5 nitrogen and oxygen atoms in total. The van der Waals surface area contributed by atoms with E-state index in [9.17, 15) is 9.59 Å². The number of hydrogen-bond acceptors (Lipinski definition) is 4. The molecule has 2 atom stereocenters. The number of hydrogen-bond donors (Lipinski definition) is 0. The zero-order valence-electron chi connectivity index (χ0n) is 16.8. The van der Waals surface area contributed by atoms with Gasteiger partial charge in [0, 0.05) is 30.1 Å². The number of likely N-dealkylation sites (tertiary alicyclic amines) is 1. The Labute approximate surface area is 176 Å². The van der Waals surface area contributed by atoms with Crippen molar-refractivity contribution in [3.05, 3.63) is 54.1 Å². The number of amides is 2. The quantitative estimate of drug-likeness (QED) is 0.696. The molecule has 0 aromatic heterocycles. The van der Waals surface area contributed by atoms with Gasteiger partial charge in [-0.3, -0.25) is 9.59 Å². The van der Waals surface area contributed by atoms with Gasteiger partial charge in [0.15, 0.2) is 0 Å². The molecule has 152 valence electrons. The van der Waals surface area contributed by atoms with Crippen molar-refractivity contribution in [3.8, 4) is 5.75 Å². The molecule has 2 heterocycles. The minimum atomic E-state index is -0.276. The average molecular weight is 411 g/mol. The van der Waals surface area contributed by atoms with Gasteiger partial charge in [-0.2, -0.15) is 0 Å². The van der Waals surface area contributed by atoms with Crippen molar-refractivity contribution in [1.29, 1.82) is 0 Å². The van der Waals surface area contributed by atoms with Crippen molar-refractivity contribution >= 4 is 29.3 Å². The van der Waals surface area contributed by atoms with E-state index in [0.29, 0.717) is 6.54 Å². The molecule has 2 amide bonds. The van der Waals surface area contributed by atoms with Crippen molar-refractivity contribution in [2.24, 2.45) is 5.92 Å². The van der Waals surface area contributed by atoms with Crippen molar-refractivity contribution in [2.45, 2.75) is 30.2 Å². The van der Waals surface area contributed by atoms with Crippen LogP contribution >= 0.6 is 11.8 Å². The minimum absolute atomic E-state index is 0.0282. The number of nitrogens with zero attached hydrogens (tertiary/aromatic N) is 2. The van der Waals surface area contributed by atoms with E-state index in [-0.39, 0.29) is 30.2 Å². The molecule has 2 aliphatic heterocycles. The number of rotatable bonds is 5. The smallest absolute Gasteiger partial charge is 0.228 e. The van der Waals surface area contributed by atoms with Crippen molar-refractivity contribution < 1.29 is 14.3 Å². The van der Waals surface area contributed by atoms with Crippen LogP contribution in [0.1, 0.15) is 30.9 Å². The molecule has 2 unspecified atom stereocenters. The van der Waals surface area contributed by atoms with E-state index in [4.69, 9.17) is 4.74 Å². The topological polar surface area (TPSA) is 49.9 Å². The van der Waals surface area contributed by atoms with Crippen molar-refractivity contribution in [3.63, 3.8) is 0 Å². The molecule has 4 rings (SSSR count). The summed E-state index contributed by atoms with van der Waals surface area (Å²) >= 11 is 1.67. The summed E-state index contributed by atoms with van der Waals surface area (Å²) in [6.45, 7) is 1.21. The fraction of sp³-hybridized carbons (Fsp3) is 0.391. The van der Waals surface area contributed by atoms with Gasteiger partial charge in [0.25, 0.3) is 0 Å². The largest absolute Gasteiger partial charge is 0.497 e. The van der Waals surface area contributed by atoms with Crippen LogP contribution in [0.4, 0.5) is 5.69 Å². The number of ether oxygens (including phenoxy) is 1. The molecule has 0 bridgehead atoms. The number of carbonyl (C=O) groups is 2. The monoisotopic (exact) mass is 410 g/mol. The molecule has 29 heavy (non-hydrogen) atoms. The summed E-state index contributed by atoms with van der Waals surface area (Å²) in [7, 11) is 1.65. The maximum atomic E-state index is 13.3. The van der Waals surface area contributed by atoms with E-state index in [1.165, 1.54) is 0 Å². The third-order valence-corrected chi connectivity index (χ3v) is 6.64. The van der Waals surface area contributed by atoms with Crippen LogP contribution in [0.25, 0.3) is 0 Å². The lowest BCUT2D eigenvalue weighted by Gasteiger charge is -2.28. The first kappa shape index (κ1) is 19.8. The maximum Gasteiger partial charge on any atom is 0.228 e. The van der Waals surface area contributed by atoms with Crippen molar-refractivity contribution in [2.75, 3.05) is 31.4 Å². The van der Waals surface area contributed by atoms with Crippen LogP contribution in [-0.2, 0) is 9.59 Å². The third kappa shape index (κ3) is 3.99. The van der Waals surface area contributed by atoms with Gasteiger partial charge in [-0.05, 0) is 61.1 Å². The highest BCUT2D eigenvalue weighted by atomic mass is 32.2. The van der Waals surface area contributed by atoms with Gasteiger partial charge < -0.3 is 14.5 Å². The molecule has 6 heteroatoms. The maximum absolute atomic E-state index is 13.3. The predicted octanol–water partition coefficient (Wildman–Crippen LogP) is 4.13. The van der Waals surface area contributed by atoms with Crippen LogP contribution in [0.15, 0.2) is 53.4 Å². The van der Waals surface area contributed by atoms with Crippen LogP contribution in [0.2, 0.25) is 0 Å². The molecule has 0 spiro atoms. The molecule has 2 aromatic carbocycles. The number of benzene rings is 2. The molecule has 2 saturated heterocycles. The van der Waals surface area contributed by atoms with E-state index >= 15 is 0 Å². The van der Waals surface area contributed by atoms with Crippen LogP contribution in [-0.4, -0.2) is 43.2 Å². The third-order valence-electron chi connectivity index (χ3n) is 5.89. The highest BCUT2D eigenvalue weighted by Crippen LogP contribution is 2.36.